The van der Waals surface area contributed by atoms with E-state index in [2.05, 4.69) is 10.3 Å². The van der Waals surface area contributed by atoms with Crippen molar-refractivity contribution in [3.8, 4) is 0 Å². The third-order valence-corrected chi connectivity index (χ3v) is 4.30. The van der Waals surface area contributed by atoms with Gasteiger partial charge in [-0.25, -0.2) is 8.42 Å². The fourth-order valence-electron chi connectivity index (χ4n) is 2.02. The van der Waals surface area contributed by atoms with Crippen molar-refractivity contribution in [2.45, 2.75) is 37.0 Å². The minimum atomic E-state index is -3.47. The number of benzene rings is 1. The standard InChI is InChI=1S/C13H18N2O2S/c16-18(17,13-9-5-2-6-10-13)15-14-11-12-7-3-1-4-8-12/h2,5-6,9-11,14-15H,1,3-4,7-8H2. The quantitative estimate of drug-likeness (QED) is 0.822. The lowest BCUT2D eigenvalue weighted by molar-refractivity contribution is 0.568. The first-order valence-electron chi connectivity index (χ1n) is 6.19. The maximum Gasteiger partial charge on any atom is 0.257 e. The van der Waals surface area contributed by atoms with E-state index in [-0.39, 0.29) is 4.90 Å². The largest absolute Gasteiger partial charge is 0.315 e. The van der Waals surface area contributed by atoms with Crippen molar-refractivity contribution in [1.29, 1.82) is 0 Å². The molecule has 18 heavy (non-hydrogen) atoms. The Morgan fingerprint density at radius 2 is 1.67 bits per heavy atom. The van der Waals surface area contributed by atoms with Crippen LogP contribution in [-0.4, -0.2) is 8.42 Å². The van der Waals surface area contributed by atoms with Gasteiger partial charge in [0.15, 0.2) is 0 Å². The monoisotopic (exact) mass is 266 g/mol. The Labute approximate surface area is 108 Å². The van der Waals surface area contributed by atoms with E-state index in [1.807, 2.05) is 0 Å². The van der Waals surface area contributed by atoms with E-state index in [1.54, 1.807) is 36.5 Å². The minimum Gasteiger partial charge on any atom is -0.315 e. The van der Waals surface area contributed by atoms with Crippen molar-refractivity contribution < 1.29 is 8.42 Å². The fraction of sp³-hybridized carbons (Fsp3) is 0.385. The lowest BCUT2D eigenvalue weighted by Crippen LogP contribution is -2.33. The van der Waals surface area contributed by atoms with Crippen LogP contribution in [0.2, 0.25) is 0 Å². The highest BCUT2D eigenvalue weighted by molar-refractivity contribution is 7.89. The molecule has 98 valence electrons. The van der Waals surface area contributed by atoms with Crippen molar-refractivity contribution in [2.75, 3.05) is 0 Å². The number of nitrogens with one attached hydrogen (secondary N) is 2. The smallest absolute Gasteiger partial charge is 0.257 e. The first-order chi connectivity index (χ1) is 8.68. The minimum absolute atomic E-state index is 0.263. The molecular formula is C13H18N2O2S. The zero-order chi connectivity index (χ0) is 12.8. The van der Waals surface area contributed by atoms with Crippen LogP contribution in [0, 0.1) is 0 Å². The Bertz CT molecular complexity index is 501. The maximum atomic E-state index is 11.9. The van der Waals surface area contributed by atoms with Crippen molar-refractivity contribution in [3.05, 3.63) is 42.1 Å². The van der Waals surface area contributed by atoms with Gasteiger partial charge in [-0.3, -0.25) is 0 Å². The van der Waals surface area contributed by atoms with Gasteiger partial charge in [-0.15, -0.1) is 4.83 Å². The number of hydrazine groups is 1. The first-order valence-corrected chi connectivity index (χ1v) is 7.67. The van der Waals surface area contributed by atoms with Gasteiger partial charge in [0.2, 0.25) is 0 Å². The fourth-order valence-corrected chi connectivity index (χ4v) is 2.87. The molecule has 0 aromatic heterocycles. The summed E-state index contributed by atoms with van der Waals surface area (Å²) < 4.78 is 23.7. The molecule has 0 radical (unpaired) electrons. The summed E-state index contributed by atoms with van der Waals surface area (Å²) in [6, 6.07) is 8.33. The van der Waals surface area contributed by atoms with Gasteiger partial charge in [0, 0.05) is 6.20 Å². The molecule has 0 heterocycles. The molecule has 1 saturated carbocycles. The molecule has 5 heteroatoms. The van der Waals surface area contributed by atoms with E-state index in [9.17, 15) is 8.42 Å². The van der Waals surface area contributed by atoms with Crippen molar-refractivity contribution in [3.63, 3.8) is 0 Å². The van der Waals surface area contributed by atoms with E-state index >= 15 is 0 Å². The first kappa shape index (κ1) is 13.1. The summed E-state index contributed by atoms with van der Waals surface area (Å²) >= 11 is 0. The van der Waals surface area contributed by atoms with Crippen LogP contribution in [0.15, 0.2) is 47.0 Å². The second-order valence-corrected chi connectivity index (χ2v) is 6.11. The van der Waals surface area contributed by atoms with Crippen LogP contribution in [0.5, 0.6) is 0 Å². The van der Waals surface area contributed by atoms with Crippen LogP contribution in [0.3, 0.4) is 0 Å². The van der Waals surface area contributed by atoms with Crippen LogP contribution >= 0.6 is 0 Å². The van der Waals surface area contributed by atoms with Gasteiger partial charge in [-0.2, -0.15) is 0 Å². The van der Waals surface area contributed by atoms with Crippen LogP contribution in [-0.2, 0) is 10.0 Å². The molecule has 1 fully saturated rings. The molecule has 2 rings (SSSR count). The highest BCUT2D eigenvalue weighted by atomic mass is 32.2. The predicted octanol–water partition coefficient (Wildman–Crippen LogP) is 2.32. The SMILES string of the molecule is O=S(=O)(NNC=C1CCCCC1)c1ccccc1. The summed E-state index contributed by atoms with van der Waals surface area (Å²) in [5.74, 6) is 0. The van der Waals surface area contributed by atoms with Gasteiger partial charge < -0.3 is 5.43 Å². The normalized spacial score (nSPS) is 16.3. The molecule has 1 aromatic carbocycles. The maximum absolute atomic E-state index is 11.9. The van der Waals surface area contributed by atoms with E-state index in [4.69, 9.17) is 0 Å². The van der Waals surface area contributed by atoms with Crippen molar-refractivity contribution in [2.24, 2.45) is 0 Å². The predicted molar refractivity (Wildman–Crippen MR) is 71.1 cm³/mol. The average molecular weight is 266 g/mol. The second kappa shape index (κ2) is 6.02. The molecule has 0 unspecified atom stereocenters. The summed E-state index contributed by atoms with van der Waals surface area (Å²) in [5.41, 5.74) is 3.97. The molecular weight excluding hydrogens is 248 g/mol. The molecule has 4 nitrogen and oxygen atoms in total. The third kappa shape index (κ3) is 3.58. The Hall–Kier alpha value is -1.33. The van der Waals surface area contributed by atoms with Crippen LogP contribution in [0.1, 0.15) is 32.1 Å². The summed E-state index contributed by atoms with van der Waals surface area (Å²) in [6.07, 6.45) is 7.55. The molecule has 0 aliphatic heterocycles. The zero-order valence-corrected chi connectivity index (χ0v) is 11.0. The summed E-state index contributed by atoms with van der Waals surface area (Å²) in [5, 5.41) is 0. The molecule has 2 N–H and O–H groups in total. The van der Waals surface area contributed by atoms with Gasteiger partial charge >= 0.3 is 0 Å². The molecule has 1 aliphatic carbocycles. The van der Waals surface area contributed by atoms with Gasteiger partial charge in [-0.05, 0) is 37.8 Å². The highest BCUT2D eigenvalue weighted by Crippen LogP contribution is 2.21. The molecule has 0 spiro atoms. The van der Waals surface area contributed by atoms with Crippen molar-refractivity contribution >= 4 is 10.0 Å². The number of hydrogen-bond acceptors (Lipinski definition) is 3. The molecule has 0 bridgehead atoms. The number of rotatable bonds is 4. The molecule has 0 amide bonds. The molecule has 0 atom stereocenters. The third-order valence-electron chi connectivity index (χ3n) is 3.02. The van der Waals surface area contributed by atoms with Gasteiger partial charge in [0.05, 0.1) is 4.90 Å². The van der Waals surface area contributed by atoms with Crippen LogP contribution < -0.4 is 10.3 Å². The van der Waals surface area contributed by atoms with Gasteiger partial charge in [0.1, 0.15) is 0 Å². The van der Waals surface area contributed by atoms with Gasteiger partial charge in [0.25, 0.3) is 10.0 Å². The van der Waals surface area contributed by atoms with Crippen molar-refractivity contribution in [1.82, 2.24) is 10.3 Å². The summed E-state index contributed by atoms with van der Waals surface area (Å²) in [6.45, 7) is 0. The van der Waals surface area contributed by atoms with Gasteiger partial charge in [-0.1, -0.05) is 30.2 Å². The second-order valence-electron chi connectivity index (χ2n) is 4.43. The van der Waals surface area contributed by atoms with E-state index in [1.165, 1.54) is 24.8 Å². The zero-order valence-electron chi connectivity index (χ0n) is 10.2. The summed E-state index contributed by atoms with van der Waals surface area (Å²) in [4.78, 5) is 2.63. The highest BCUT2D eigenvalue weighted by Gasteiger charge is 2.12. The Morgan fingerprint density at radius 3 is 2.33 bits per heavy atom. The average Bonchev–Trinajstić information content (AvgIpc) is 2.41. The molecule has 1 aromatic rings. The topological polar surface area (TPSA) is 58.2 Å². The number of allylic oxidation sites excluding steroid dienone is 1. The molecule has 1 aliphatic rings. The Morgan fingerprint density at radius 1 is 1.00 bits per heavy atom. The Kier molecular flexibility index (Phi) is 4.38. The number of hydrogen-bond donors (Lipinski definition) is 2. The summed E-state index contributed by atoms with van der Waals surface area (Å²) in [7, 11) is -3.47. The number of sulfonamides is 1. The van der Waals surface area contributed by atoms with Crippen LogP contribution in [0.25, 0.3) is 0 Å². The van der Waals surface area contributed by atoms with Crippen LogP contribution in [0.4, 0.5) is 0 Å². The molecule has 0 saturated heterocycles. The lowest BCUT2D eigenvalue weighted by atomic mass is 9.96. The van der Waals surface area contributed by atoms with E-state index in [0.717, 1.165) is 12.8 Å². The lowest BCUT2D eigenvalue weighted by Gasteiger charge is -2.14. The van der Waals surface area contributed by atoms with E-state index < -0.39 is 10.0 Å². The Balaban J connectivity index is 1.93. The van der Waals surface area contributed by atoms with E-state index in [0.29, 0.717) is 0 Å².